The first kappa shape index (κ1) is 16.8. The lowest BCUT2D eigenvalue weighted by molar-refractivity contribution is -0.123. The van der Waals surface area contributed by atoms with Crippen LogP contribution >= 0.6 is 11.8 Å². The maximum Gasteiger partial charge on any atom is 0.237 e. The largest absolute Gasteiger partial charge is 0.352 e. The summed E-state index contributed by atoms with van der Waals surface area (Å²) in [6.07, 6.45) is 9.37. The lowest BCUT2D eigenvalue weighted by atomic mass is 9.94. The quantitative estimate of drug-likeness (QED) is 0.756. The molecule has 4 atom stereocenters. The molecule has 0 aromatic rings. The van der Waals surface area contributed by atoms with E-state index >= 15 is 0 Å². The lowest BCUT2D eigenvalue weighted by Crippen LogP contribution is -2.50. The molecule has 1 rings (SSSR count). The van der Waals surface area contributed by atoms with Gasteiger partial charge in [0, 0.05) is 17.3 Å². The first-order chi connectivity index (χ1) is 9.06. The third kappa shape index (κ3) is 6.17. The Kier molecular flexibility index (Phi) is 7.84. The Balaban J connectivity index is 2.32. The predicted molar refractivity (Wildman–Crippen MR) is 84.7 cm³/mol. The van der Waals surface area contributed by atoms with E-state index in [-0.39, 0.29) is 18.0 Å². The molecule has 2 N–H and O–H groups in total. The van der Waals surface area contributed by atoms with Crippen LogP contribution in [-0.2, 0) is 4.79 Å². The molecule has 112 valence electrons. The van der Waals surface area contributed by atoms with Gasteiger partial charge in [0.1, 0.15) is 0 Å². The molecule has 4 unspecified atom stereocenters. The fraction of sp³-hybridized carbons (Fsp3) is 0.933. The summed E-state index contributed by atoms with van der Waals surface area (Å²) >= 11 is 1.96. The molecular formula is C15H30N2OS. The Morgan fingerprint density at radius 2 is 2.11 bits per heavy atom. The number of hydrogen-bond donors (Lipinski definition) is 2. The average molecular weight is 286 g/mol. The van der Waals surface area contributed by atoms with E-state index in [1.165, 1.54) is 25.7 Å². The molecule has 3 nitrogen and oxygen atoms in total. The van der Waals surface area contributed by atoms with Gasteiger partial charge in [-0.2, -0.15) is 11.8 Å². The van der Waals surface area contributed by atoms with Gasteiger partial charge < -0.3 is 10.6 Å². The Bertz CT molecular complexity index is 273. The van der Waals surface area contributed by atoms with Crippen molar-refractivity contribution in [1.82, 2.24) is 10.6 Å². The standard InChI is InChI=1S/C15H30N2OS/c1-5-7-11(2)16-15(18)12(3)17-13-8-6-9-14(10-13)19-4/h11-14,17H,5-10H2,1-4H3,(H,16,18). The smallest absolute Gasteiger partial charge is 0.237 e. The molecular weight excluding hydrogens is 256 g/mol. The van der Waals surface area contributed by atoms with Crippen molar-refractivity contribution in [2.45, 2.75) is 82.7 Å². The van der Waals surface area contributed by atoms with E-state index in [9.17, 15) is 4.79 Å². The normalized spacial score (nSPS) is 26.7. The highest BCUT2D eigenvalue weighted by Gasteiger charge is 2.24. The molecule has 1 aliphatic carbocycles. The molecule has 0 radical (unpaired) electrons. The predicted octanol–water partition coefficient (Wildman–Crippen LogP) is 2.94. The van der Waals surface area contributed by atoms with Crippen molar-refractivity contribution >= 4 is 17.7 Å². The van der Waals surface area contributed by atoms with Gasteiger partial charge >= 0.3 is 0 Å². The second-order valence-electron chi connectivity index (χ2n) is 5.81. The fourth-order valence-electron chi connectivity index (χ4n) is 2.81. The van der Waals surface area contributed by atoms with E-state index in [1.807, 2.05) is 18.7 Å². The maximum absolute atomic E-state index is 12.1. The van der Waals surface area contributed by atoms with Crippen LogP contribution in [0.15, 0.2) is 0 Å². The summed E-state index contributed by atoms with van der Waals surface area (Å²) in [5, 5.41) is 7.36. The summed E-state index contributed by atoms with van der Waals surface area (Å²) in [7, 11) is 0. The number of carbonyl (C=O) groups excluding carboxylic acids is 1. The van der Waals surface area contributed by atoms with E-state index in [0.717, 1.165) is 18.1 Å². The summed E-state index contributed by atoms with van der Waals surface area (Å²) in [5.41, 5.74) is 0. The van der Waals surface area contributed by atoms with Gasteiger partial charge in [-0.25, -0.2) is 0 Å². The lowest BCUT2D eigenvalue weighted by Gasteiger charge is -2.31. The van der Waals surface area contributed by atoms with Crippen molar-refractivity contribution in [1.29, 1.82) is 0 Å². The van der Waals surface area contributed by atoms with Crippen molar-refractivity contribution in [3.63, 3.8) is 0 Å². The molecule has 0 aromatic carbocycles. The zero-order chi connectivity index (χ0) is 14.3. The number of thioether (sulfide) groups is 1. The maximum atomic E-state index is 12.1. The van der Waals surface area contributed by atoms with Gasteiger partial charge in [-0.3, -0.25) is 4.79 Å². The van der Waals surface area contributed by atoms with E-state index in [0.29, 0.717) is 6.04 Å². The van der Waals surface area contributed by atoms with Crippen LogP contribution in [0, 0.1) is 0 Å². The highest BCUT2D eigenvalue weighted by Crippen LogP contribution is 2.27. The summed E-state index contributed by atoms with van der Waals surface area (Å²) in [6.45, 7) is 6.21. The minimum atomic E-state index is -0.0788. The summed E-state index contributed by atoms with van der Waals surface area (Å²) < 4.78 is 0. The average Bonchev–Trinajstić information content (AvgIpc) is 2.39. The van der Waals surface area contributed by atoms with Crippen molar-refractivity contribution in [2.75, 3.05) is 6.26 Å². The number of carbonyl (C=O) groups is 1. The molecule has 1 amide bonds. The molecule has 0 spiro atoms. The summed E-state index contributed by atoms with van der Waals surface area (Å²) in [4.78, 5) is 12.1. The second-order valence-corrected chi connectivity index (χ2v) is 6.95. The minimum Gasteiger partial charge on any atom is -0.352 e. The van der Waals surface area contributed by atoms with Crippen molar-refractivity contribution < 1.29 is 4.79 Å². The molecule has 0 aromatic heterocycles. The highest BCUT2D eigenvalue weighted by molar-refractivity contribution is 7.99. The van der Waals surface area contributed by atoms with Crippen LogP contribution in [0.3, 0.4) is 0 Å². The highest BCUT2D eigenvalue weighted by atomic mass is 32.2. The second kappa shape index (κ2) is 8.85. The van der Waals surface area contributed by atoms with Crippen LogP contribution in [-0.4, -0.2) is 35.5 Å². The molecule has 19 heavy (non-hydrogen) atoms. The SMILES string of the molecule is CCCC(C)NC(=O)C(C)NC1CCCC(SC)C1. The topological polar surface area (TPSA) is 41.1 Å². The van der Waals surface area contributed by atoms with Gasteiger partial charge in [0.05, 0.1) is 6.04 Å². The summed E-state index contributed by atoms with van der Waals surface area (Å²) in [6, 6.07) is 0.713. The number of hydrogen-bond acceptors (Lipinski definition) is 3. The first-order valence-corrected chi connectivity index (χ1v) is 8.94. The third-order valence-electron chi connectivity index (χ3n) is 3.95. The number of nitrogens with one attached hydrogen (secondary N) is 2. The van der Waals surface area contributed by atoms with Gasteiger partial charge in [0.15, 0.2) is 0 Å². The Morgan fingerprint density at radius 1 is 1.37 bits per heavy atom. The Morgan fingerprint density at radius 3 is 2.74 bits per heavy atom. The van der Waals surface area contributed by atoms with Crippen LogP contribution in [0.25, 0.3) is 0 Å². The number of rotatable bonds is 7. The molecule has 4 heteroatoms. The molecule has 0 saturated heterocycles. The summed E-state index contributed by atoms with van der Waals surface area (Å²) in [5.74, 6) is 0.146. The molecule has 1 fully saturated rings. The van der Waals surface area contributed by atoms with E-state index in [2.05, 4.69) is 30.7 Å². The third-order valence-corrected chi connectivity index (χ3v) is 5.04. The fourth-order valence-corrected chi connectivity index (χ4v) is 3.64. The van der Waals surface area contributed by atoms with Crippen LogP contribution in [0.2, 0.25) is 0 Å². The van der Waals surface area contributed by atoms with Gasteiger partial charge in [0.25, 0.3) is 0 Å². The number of amides is 1. The Hall–Kier alpha value is -0.220. The van der Waals surface area contributed by atoms with Crippen molar-refractivity contribution in [2.24, 2.45) is 0 Å². The van der Waals surface area contributed by atoms with E-state index in [1.54, 1.807) is 0 Å². The zero-order valence-corrected chi connectivity index (χ0v) is 13.7. The van der Waals surface area contributed by atoms with Gasteiger partial charge in [0.2, 0.25) is 5.91 Å². The van der Waals surface area contributed by atoms with Crippen molar-refractivity contribution in [3.05, 3.63) is 0 Å². The Labute approximate surface area is 122 Å². The molecule has 0 heterocycles. The molecule has 0 aliphatic heterocycles. The van der Waals surface area contributed by atoms with Crippen LogP contribution in [0.5, 0.6) is 0 Å². The van der Waals surface area contributed by atoms with Crippen molar-refractivity contribution in [3.8, 4) is 0 Å². The molecule has 1 aliphatic rings. The monoisotopic (exact) mass is 286 g/mol. The van der Waals surface area contributed by atoms with Gasteiger partial charge in [-0.15, -0.1) is 0 Å². The zero-order valence-electron chi connectivity index (χ0n) is 12.9. The van der Waals surface area contributed by atoms with Crippen LogP contribution in [0.4, 0.5) is 0 Å². The minimum absolute atomic E-state index is 0.0788. The van der Waals surface area contributed by atoms with E-state index < -0.39 is 0 Å². The van der Waals surface area contributed by atoms with Gasteiger partial charge in [-0.05, 0) is 45.8 Å². The first-order valence-electron chi connectivity index (χ1n) is 7.66. The molecule has 1 saturated carbocycles. The molecule has 0 bridgehead atoms. The van der Waals surface area contributed by atoms with Crippen LogP contribution in [0.1, 0.15) is 59.3 Å². The van der Waals surface area contributed by atoms with Gasteiger partial charge in [-0.1, -0.05) is 19.8 Å². The van der Waals surface area contributed by atoms with E-state index in [4.69, 9.17) is 0 Å². The van der Waals surface area contributed by atoms with Crippen LogP contribution < -0.4 is 10.6 Å².